The lowest BCUT2D eigenvalue weighted by Gasteiger charge is -2.09. The number of hydrogen-bond acceptors (Lipinski definition) is 4. The first-order chi connectivity index (χ1) is 8.25. The maximum atomic E-state index is 10.9. The Bertz CT molecular complexity index is 355. The Morgan fingerprint density at radius 1 is 1.53 bits per heavy atom. The summed E-state index contributed by atoms with van der Waals surface area (Å²) in [6, 6.07) is 1.47. The van der Waals surface area contributed by atoms with E-state index in [1.807, 2.05) is 0 Å². The molecule has 0 saturated carbocycles. The van der Waals surface area contributed by atoms with Crippen molar-refractivity contribution >= 4 is 11.7 Å². The number of rotatable bonds is 8. The molecule has 1 rings (SSSR count). The predicted octanol–water partition coefficient (Wildman–Crippen LogP) is 2.01. The quantitative estimate of drug-likeness (QED) is 0.678. The van der Waals surface area contributed by atoms with Crippen LogP contribution in [0.1, 0.15) is 30.1 Å². The number of nitrogens with one attached hydrogen (secondary N) is 1. The molecule has 0 aliphatic carbocycles. The van der Waals surface area contributed by atoms with Gasteiger partial charge in [-0.3, -0.25) is 4.98 Å². The molecule has 0 fully saturated rings. The molecule has 5 heteroatoms. The van der Waals surface area contributed by atoms with Crippen LogP contribution in [-0.2, 0) is 4.74 Å². The van der Waals surface area contributed by atoms with Crippen molar-refractivity contribution in [3.05, 3.63) is 24.0 Å². The van der Waals surface area contributed by atoms with Gasteiger partial charge < -0.3 is 15.2 Å². The van der Waals surface area contributed by atoms with Gasteiger partial charge in [0, 0.05) is 19.3 Å². The van der Waals surface area contributed by atoms with Gasteiger partial charge in [-0.2, -0.15) is 0 Å². The van der Waals surface area contributed by atoms with Crippen LogP contribution in [0.25, 0.3) is 0 Å². The van der Waals surface area contributed by atoms with Crippen molar-refractivity contribution in [2.45, 2.75) is 19.8 Å². The van der Waals surface area contributed by atoms with Crippen LogP contribution in [0, 0.1) is 0 Å². The molecule has 0 aliphatic rings. The number of anilines is 1. The summed E-state index contributed by atoms with van der Waals surface area (Å²) >= 11 is 0. The van der Waals surface area contributed by atoms with Crippen LogP contribution in [0.4, 0.5) is 5.69 Å². The normalized spacial score (nSPS) is 10.2. The van der Waals surface area contributed by atoms with Gasteiger partial charge in [0.2, 0.25) is 0 Å². The standard InChI is InChI=1S/C12H18N2O3/c1-2-3-7-17-8-6-14-11-9-13-5-4-10(11)12(15)16/h4-5,9,14H,2-3,6-8H2,1H3,(H,15,16). The van der Waals surface area contributed by atoms with Gasteiger partial charge in [-0.25, -0.2) is 4.79 Å². The maximum absolute atomic E-state index is 10.9. The first-order valence-electron chi connectivity index (χ1n) is 5.74. The Kier molecular flexibility index (Phi) is 6.03. The molecule has 0 atom stereocenters. The number of ether oxygens (including phenoxy) is 1. The molecular formula is C12H18N2O3. The summed E-state index contributed by atoms with van der Waals surface area (Å²) in [6.07, 6.45) is 5.13. The van der Waals surface area contributed by atoms with Crippen LogP contribution in [0.3, 0.4) is 0 Å². The predicted molar refractivity (Wildman–Crippen MR) is 65.4 cm³/mol. The van der Waals surface area contributed by atoms with Gasteiger partial charge in [-0.05, 0) is 12.5 Å². The van der Waals surface area contributed by atoms with Crippen LogP contribution >= 0.6 is 0 Å². The Labute approximate surface area is 101 Å². The van der Waals surface area contributed by atoms with Crippen molar-refractivity contribution in [2.75, 3.05) is 25.1 Å². The Morgan fingerprint density at radius 3 is 3.06 bits per heavy atom. The molecule has 17 heavy (non-hydrogen) atoms. The highest BCUT2D eigenvalue weighted by atomic mass is 16.5. The van der Waals surface area contributed by atoms with Crippen LogP contribution in [0.5, 0.6) is 0 Å². The van der Waals surface area contributed by atoms with Crippen molar-refractivity contribution in [1.29, 1.82) is 0 Å². The molecule has 1 aromatic heterocycles. The summed E-state index contributed by atoms with van der Waals surface area (Å²) in [5.41, 5.74) is 0.757. The summed E-state index contributed by atoms with van der Waals surface area (Å²) in [5, 5.41) is 11.9. The lowest BCUT2D eigenvalue weighted by Crippen LogP contribution is -2.13. The van der Waals surface area contributed by atoms with Crippen molar-refractivity contribution in [2.24, 2.45) is 0 Å². The fraction of sp³-hybridized carbons (Fsp3) is 0.500. The summed E-state index contributed by atoms with van der Waals surface area (Å²) in [5.74, 6) is -0.957. The van der Waals surface area contributed by atoms with Crippen LogP contribution in [0.2, 0.25) is 0 Å². The van der Waals surface area contributed by atoms with Gasteiger partial charge in [-0.15, -0.1) is 0 Å². The molecule has 2 N–H and O–H groups in total. The Morgan fingerprint density at radius 2 is 2.35 bits per heavy atom. The fourth-order valence-corrected chi connectivity index (χ4v) is 1.33. The van der Waals surface area contributed by atoms with Crippen molar-refractivity contribution < 1.29 is 14.6 Å². The monoisotopic (exact) mass is 238 g/mol. The van der Waals surface area contributed by atoms with E-state index in [0.717, 1.165) is 19.4 Å². The average molecular weight is 238 g/mol. The van der Waals surface area contributed by atoms with E-state index in [2.05, 4.69) is 17.2 Å². The van der Waals surface area contributed by atoms with Crippen LogP contribution < -0.4 is 5.32 Å². The number of aromatic carboxylic acids is 1. The molecule has 0 bridgehead atoms. The Balaban J connectivity index is 2.34. The number of nitrogens with zero attached hydrogens (tertiary/aromatic N) is 1. The van der Waals surface area contributed by atoms with E-state index in [9.17, 15) is 4.79 Å². The van der Waals surface area contributed by atoms with E-state index in [4.69, 9.17) is 9.84 Å². The van der Waals surface area contributed by atoms with Crippen molar-refractivity contribution in [3.8, 4) is 0 Å². The third-order valence-corrected chi connectivity index (χ3v) is 2.26. The van der Waals surface area contributed by atoms with Crippen molar-refractivity contribution in [1.82, 2.24) is 4.98 Å². The minimum absolute atomic E-state index is 0.230. The van der Waals surface area contributed by atoms with Gasteiger partial charge in [0.1, 0.15) is 0 Å². The Hall–Kier alpha value is -1.62. The molecule has 0 aromatic carbocycles. The van der Waals surface area contributed by atoms with E-state index in [1.54, 1.807) is 0 Å². The molecule has 0 saturated heterocycles. The van der Waals surface area contributed by atoms with E-state index in [1.165, 1.54) is 18.5 Å². The van der Waals surface area contributed by atoms with Gasteiger partial charge in [0.05, 0.1) is 24.1 Å². The molecule has 0 spiro atoms. The SMILES string of the molecule is CCCCOCCNc1cnccc1C(=O)O. The minimum atomic E-state index is -0.957. The van der Waals surface area contributed by atoms with Crippen LogP contribution in [-0.4, -0.2) is 35.8 Å². The third-order valence-electron chi connectivity index (χ3n) is 2.26. The van der Waals surface area contributed by atoms with E-state index in [-0.39, 0.29) is 5.56 Å². The summed E-state index contributed by atoms with van der Waals surface area (Å²) in [7, 11) is 0. The topological polar surface area (TPSA) is 71.5 Å². The molecule has 1 heterocycles. The number of hydrogen-bond donors (Lipinski definition) is 2. The molecular weight excluding hydrogens is 220 g/mol. The first-order valence-corrected chi connectivity index (χ1v) is 5.74. The number of carboxylic acid groups (broad SMARTS) is 1. The molecule has 0 amide bonds. The first kappa shape index (κ1) is 13.4. The summed E-state index contributed by atoms with van der Waals surface area (Å²) in [6.45, 7) is 4.00. The largest absolute Gasteiger partial charge is 0.478 e. The second-order valence-electron chi connectivity index (χ2n) is 3.62. The number of unbranched alkanes of at least 4 members (excludes halogenated alkanes) is 1. The van der Waals surface area contributed by atoms with E-state index >= 15 is 0 Å². The molecule has 0 radical (unpaired) electrons. The summed E-state index contributed by atoms with van der Waals surface area (Å²) in [4.78, 5) is 14.8. The highest BCUT2D eigenvalue weighted by Gasteiger charge is 2.08. The molecule has 94 valence electrons. The van der Waals surface area contributed by atoms with Gasteiger partial charge in [0.15, 0.2) is 0 Å². The number of aromatic nitrogens is 1. The lowest BCUT2D eigenvalue weighted by atomic mass is 10.2. The number of pyridine rings is 1. The van der Waals surface area contributed by atoms with E-state index in [0.29, 0.717) is 18.8 Å². The fourth-order valence-electron chi connectivity index (χ4n) is 1.33. The molecule has 5 nitrogen and oxygen atoms in total. The number of carbonyl (C=O) groups is 1. The maximum Gasteiger partial charge on any atom is 0.337 e. The summed E-state index contributed by atoms with van der Waals surface area (Å²) < 4.78 is 5.37. The van der Waals surface area contributed by atoms with Gasteiger partial charge in [0.25, 0.3) is 0 Å². The zero-order valence-electron chi connectivity index (χ0n) is 9.98. The van der Waals surface area contributed by atoms with Gasteiger partial charge >= 0.3 is 5.97 Å². The average Bonchev–Trinajstić information content (AvgIpc) is 2.34. The molecule has 0 unspecified atom stereocenters. The van der Waals surface area contributed by atoms with E-state index < -0.39 is 5.97 Å². The number of carboxylic acids is 1. The third kappa shape index (κ3) is 4.82. The highest BCUT2D eigenvalue weighted by Crippen LogP contribution is 2.12. The second kappa shape index (κ2) is 7.62. The second-order valence-corrected chi connectivity index (χ2v) is 3.62. The zero-order chi connectivity index (χ0) is 12.5. The smallest absolute Gasteiger partial charge is 0.337 e. The van der Waals surface area contributed by atoms with Crippen LogP contribution in [0.15, 0.2) is 18.5 Å². The van der Waals surface area contributed by atoms with Crippen molar-refractivity contribution in [3.63, 3.8) is 0 Å². The zero-order valence-corrected chi connectivity index (χ0v) is 9.98. The highest BCUT2D eigenvalue weighted by molar-refractivity contribution is 5.93. The minimum Gasteiger partial charge on any atom is -0.478 e. The van der Waals surface area contributed by atoms with Gasteiger partial charge in [-0.1, -0.05) is 13.3 Å². The molecule has 1 aromatic rings. The molecule has 0 aliphatic heterocycles. The lowest BCUT2D eigenvalue weighted by molar-refractivity contribution is 0.0697.